The van der Waals surface area contributed by atoms with Crippen LogP contribution in [0, 0.1) is 0 Å². The molecule has 3 aromatic rings. The summed E-state index contributed by atoms with van der Waals surface area (Å²) >= 11 is 0. The maximum atomic E-state index is 4.64. The minimum Gasteiger partial charge on any atom is -0.329 e. The van der Waals surface area contributed by atoms with Gasteiger partial charge in [0.25, 0.3) is 0 Å². The van der Waals surface area contributed by atoms with E-state index in [2.05, 4.69) is 54.2 Å². The molecule has 0 radical (unpaired) electrons. The number of para-hydroxylation sites is 1. The number of benzene rings is 1. The molecule has 6 heteroatoms. The first-order valence-corrected chi connectivity index (χ1v) is 8.61. The molecule has 1 atom stereocenters. The molecule has 0 aliphatic carbocycles. The second kappa shape index (κ2) is 7.03. The maximum absolute atomic E-state index is 4.64. The van der Waals surface area contributed by atoms with Gasteiger partial charge in [-0.2, -0.15) is 5.10 Å². The van der Waals surface area contributed by atoms with Crippen molar-refractivity contribution in [2.45, 2.75) is 18.9 Å². The monoisotopic (exact) mass is 334 g/mol. The Hall–Kier alpha value is -2.73. The molecular formula is C19H22N6. The van der Waals surface area contributed by atoms with Crippen LogP contribution in [0.1, 0.15) is 23.7 Å². The molecule has 1 fully saturated rings. The lowest BCUT2D eigenvalue weighted by atomic mass is 10.1. The van der Waals surface area contributed by atoms with Crippen LogP contribution in [0.3, 0.4) is 0 Å². The van der Waals surface area contributed by atoms with Gasteiger partial charge in [-0.3, -0.25) is 10.00 Å². The number of rotatable bonds is 5. The summed E-state index contributed by atoms with van der Waals surface area (Å²) in [6, 6.07) is 14.5. The quantitative estimate of drug-likeness (QED) is 0.777. The molecule has 2 aromatic heterocycles. The van der Waals surface area contributed by atoms with E-state index in [1.807, 2.05) is 31.4 Å². The minimum atomic E-state index is 0.457. The molecule has 3 heterocycles. The van der Waals surface area contributed by atoms with Crippen LogP contribution < -0.4 is 4.90 Å². The summed E-state index contributed by atoms with van der Waals surface area (Å²) in [7, 11) is 2.04. The van der Waals surface area contributed by atoms with Crippen LogP contribution in [0.25, 0.3) is 0 Å². The smallest absolute Gasteiger partial charge is 0.137 e. The Morgan fingerprint density at radius 2 is 2.04 bits per heavy atom. The van der Waals surface area contributed by atoms with Crippen molar-refractivity contribution in [1.82, 2.24) is 25.1 Å². The van der Waals surface area contributed by atoms with E-state index in [0.717, 1.165) is 43.4 Å². The van der Waals surface area contributed by atoms with E-state index in [-0.39, 0.29) is 0 Å². The van der Waals surface area contributed by atoms with Crippen molar-refractivity contribution in [3.05, 3.63) is 66.4 Å². The summed E-state index contributed by atoms with van der Waals surface area (Å²) in [5.41, 5.74) is 2.38. The van der Waals surface area contributed by atoms with Crippen LogP contribution >= 0.6 is 0 Å². The molecular weight excluding hydrogens is 312 g/mol. The van der Waals surface area contributed by atoms with Crippen molar-refractivity contribution in [2.75, 3.05) is 25.0 Å². The minimum absolute atomic E-state index is 0.457. The van der Waals surface area contributed by atoms with E-state index in [0.29, 0.717) is 5.92 Å². The largest absolute Gasteiger partial charge is 0.329 e. The van der Waals surface area contributed by atoms with Crippen molar-refractivity contribution in [3.8, 4) is 0 Å². The third-order valence-electron chi connectivity index (χ3n) is 4.80. The number of hydrogen-bond acceptors (Lipinski definition) is 5. The summed E-state index contributed by atoms with van der Waals surface area (Å²) in [5, 5.41) is 6.95. The van der Waals surface area contributed by atoms with Gasteiger partial charge in [-0.15, -0.1) is 0 Å². The molecule has 0 saturated carbocycles. The van der Waals surface area contributed by atoms with Crippen LogP contribution in [-0.4, -0.2) is 45.2 Å². The summed E-state index contributed by atoms with van der Waals surface area (Å²) in [5.74, 6) is 2.41. The SMILES string of the molecule is CN(c1ccccc1)c1ccc(CN2CCC(c3ncn[nH]3)C2)cn1. The summed E-state index contributed by atoms with van der Waals surface area (Å²) in [6.45, 7) is 3.02. The normalized spacial score (nSPS) is 17.7. The molecule has 1 aromatic carbocycles. The van der Waals surface area contributed by atoms with Gasteiger partial charge in [-0.1, -0.05) is 24.3 Å². The average Bonchev–Trinajstić information content (AvgIpc) is 3.34. The van der Waals surface area contributed by atoms with E-state index in [4.69, 9.17) is 0 Å². The number of hydrogen-bond donors (Lipinski definition) is 1. The lowest BCUT2D eigenvalue weighted by Crippen LogP contribution is -2.20. The Labute approximate surface area is 147 Å². The lowest BCUT2D eigenvalue weighted by Gasteiger charge is -2.19. The maximum Gasteiger partial charge on any atom is 0.137 e. The predicted octanol–water partition coefficient (Wildman–Crippen LogP) is 2.96. The first-order valence-electron chi connectivity index (χ1n) is 8.61. The van der Waals surface area contributed by atoms with Crippen molar-refractivity contribution in [1.29, 1.82) is 0 Å². The Morgan fingerprint density at radius 3 is 2.76 bits per heavy atom. The van der Waals surface area contributed by atoms with Crippen molar-refractivity contribution in [3.63, 3.8) is 0 Å². The first kappa shape index (κ1) is 15.8. The lowest BCUT2D eigenvalue weighted by molar-refractivity contribution is 0.325. The van der Waals surface area contributed by atoms with E-state index in [9.17, 15) is 0 Å². The van der Waals surface area contributed by atoms with Crippen molar-refractivity contribution < 1.29 is 0 Å². The van der Waals surface area contributed by atoms with E-state index >= 15 is 0 Å². The Balaban J connectivity index is 1.38. The van der Waals surface area contributed by atoms with E-state index in [1.165, 1.54) is 5.56 Å². The van der Waals surface area contributed by atoms with Crippen LogP contribution in [0.15, 0.2) is 55.0 Å². The topological polar surface area (TPSA) is 60.9 Å². The zero-order valence-corrected chi connectivity index (χ0v) is 14.3. The Kier molecular flexibility index (Phi) is 4.43. The predicted molar refractivity (Wildman–Crippen MR) is 97.8 cm³/mol. The molecule has 25 heavy (non-hydrogen) atoms. The van der Waals surface area contributed by atoms with Gasteiger partial charge in [-0.05, 0) is 36.7 Å². The number of aromatic amines is 1. The molecule has 1 N–H and O–H groups in total. The van der Waals surface area contributed by atoms with Gasteiger partial charge in [0.05, 0.1) is 0 Å². The Morgan fingerprint density at radius 1 is 1.16 bits per heavy atom. The van der Waals surface area contributed by atoms with Crippen LogP contribution in [0.4, 0.5) is 11.5 Å². The average molecular weight is 334 g/mol. The molecule has 128 valence electrons. The molecule has 0 spiro atoms. The van der Waals surface area contributed by atoms with Gasteiger partial charge in [0, 0.05) is 37.9 Å². The number of pyridine rings is 1. The fourth-order valence-electron chi connectivity index (χ4n) is 3.36. The highest BCUT2D eigenvalue weighted by Gasteiger charge is 2.25. The van der Waals surface area contributed by atoms with Gasteiger partial charge in [0.15, 0.2) is 0 Å². The second-order valence-electron chi connectivity index (χ2n) is 6.51. The number of nitrogens with one attached hydrogen (secondary N) is 1. The molecule has 1 aliphatic heterocycles. The van der Waals surface area contributed by atoms with E-state index < -0.39 is 0 Å². The van der Waals surface area contributed by atoms with Gasteiger partial charge in [0.2, 0.25) is 0 Å². The van der Waals surface area contributed by atoms with Crippen molar-refractivity contribution >= 4 is 11.5 Å². The number of likely N-dealkylation sites (tertiary alicyclic amines) is 1. The zero-order chi connectivity index (χ0) is 17.1. The fraction of sp³-hybridized carbons (Fsp3) is 0.316. The standard InChI is InChI=1S/C19H22N6/c1-24(17-5-3-2-4-6-17)18-8-7-15(11-20-18)12-25-10-9-16(13-25)19-21-14-22-23-19/h2-8,11,14,16H,9-10,12-13H2,1H3,(H,21,22,23). The summed E-state index contributed by atoms with van der Waals surface area (Å²) in [6.07, 6.45) is 4.69. The molecule has 1 saturated heterocycles. The molecule has 0 bridgehead atoms. The Bertz CT molecular complexity index is 785. The highest BCUT2D eigenvalue weighted by atomic mass is 15.2. The number of aromatic nitrogens is 4. The summed E-state index contributed by atoms with van der Waals surface area (Å²) < 4.78 is 0. The van der Waals surface area contributed by atoms with Gasteiger partial charge >= 0.3 is 0 Å². The number of nitrogens with zero attached hydrogens (tertiary/aromatic N) is 5. The van der Waals surface area contributed by atoms with Crippen molar-refractivity contribution in [2.24, 2.45) is 0 Å². The van der Waals surface area contributed by atoms with E-state index in [1.54, 1.807) is 6.33 Å². The number of H-pyrrole nitrogens is 1. The second-order valence-corrected chi connectivity index (χ2v) is 6.51. The molecule has 6 nitrogen and oxygen atoms in total. The van der Waals surface area contributed by atoms with Crippen LogP contribution in [0.2, 0.25) is 0 Å². The zero-order valence-electron chi connectivity index (χ0n) is 14.3. The van der Waals surface area contributed by atoms with Crippen LogP contribution in [-0.2, 0) is 6.54 Å². The third-order valence-corrected chi connectivity index (χ3v) is 4.80. The first-order chi connectivity index (χ1) is 12.3. The highest BCUT2D eigenvalue weighted by Crippen LogP contribution is 2.26. The molecule has 0 amide bonds. The van der Waals surface area contributed by atoms with Gasteiger partial charge < -0.3 is 4.90 Å². The molecule has 1 unspecified atom stereocenters. The summed E-state index contributed by atoms with van der Waals surface area (Å²) in [4.78, 5) is 13.5. The highest BCUT2D eigenvalue weighted by molar-refractivity contribution is 5.58. The third kappa shape index (κ3) is 3.53. The van der Waals surface area contributed by atoms with Crippen LogP contribution in [0.5, 0.6) is 0 Å². The molecule has 1 aliphatic rings. The molecule has 4 rings (SSSR count). The van der Waals surface area contributed by atoms with Gasteiger partial charge in [0.1, 0.15) is 18.0 Å². The fourth-order valence-corrected chi connectivity index (χ4v) is 3.36. The number of anilines is 2. The van der Waals surface area contributed by atoms with Gasteiger partial charge in [-0.25, -0.2) is 9.97 Å².